The fourth-order valence-electron chi connectivity index (χ4n) is 4.03. The minimum atomic E-state index is -0.574. The second-order valence-corrected chi connectivity index (χ2v) is 8.37. The van der Waals surface area contributed by atoms with Crippen molar-refractivity contribution in [2.75, 3.05) is 0 Å². The highest BCUT2D eigenvalue weighted by molar-refractivity contribution is 9.10. The van der Waals surface area contributed by atoms with Crippen LogP contribution in [0.4, 0.5) is 0 Å². The van der Waals surface area contributed by atoms with Crippen LogP contribution in [0.25, 0.3) is 0 Å². The van der Waals surface area contributed by atoms with Gasteiger partial charge in [0.15, 0.2) is 0 Å². The number of oxime groups is 1. The van der Waals surface area contributed by atoms with Crippen LogP contribution < -0.4 is 0 Å². The lowest BCUT2D eigenvalue weighted by Gasteiger charge is -2.40. The topological polar surface area (TPSA) is 45.5 Å². The van der Waals surface area contributed by atoms with Crippen molar-refractivity contribution < 1.29 is 5.21 Å². The van der Waals surface area contributed by atoms with Gasteiger partial charge in [0.05, 0.1) is 5.41 Å². The molecule has 5 heteroatoms. The zero-order valence-electron chi connectivity index (χ0n) is 16.0. The molecular formula is C23H22BrClN2O. The van der Waals surface area contributed by atoms with Crippen molar-refractivity contribution >= 4 is 33.7 Å². The summed E-state index contributed by atoms with van der Waals surface area (Å²) in [4.78, 5) is 4.39. The Bertz CT molecular complexity index is 1000. The van der Waals surface area contributed by atoms with Crippen LogP contribution in [0.1, 0.15) is 34.9 Å². The molecule has 0 bridgehead atoms. The summed E-state index contributed by atoms with van der Waals surface area (Å²) >= 11 is 9.80. The van der Waals surface area contributed by atoms with E-state index in [0.717, 1.165) is 32.4 Å². The Labute approximate surface area is 179 Å². The summed E-state index contributed by atoms with van der Waals surface area (Å²) in [5, 5.41) is 13.5. The summed E-state index contributed by atoms with van der Waals surface area (Å²) in [6.07, 6.45) is 3.41. The lowest BCUT2D eigenvalue weighted by molar-refractivity contribution is 0.316. The zero-order valence-corrected chi connectivity index (χ0v) is 18.4. The molecular weight excluding hydrogens is 436 g/mol. The lowest BCUT2D eigenvalue weighted by Crippen LogP contribution is -2.38. The Morgan fingerprint density at radius 2 is 1.79 bits per heavy atom. The van der Waals surface area contributed by atoms with Crippen LogP contribution in [0.5, 0.6) is 0 Å². The van der Waals surface area contributed by atoms with Gasteiger partial charge in [-0.25, -0.2) is 0 Å². The molecule has 0 fully saturated rings. The molecule has 1 unspecified atom stereocenters. The molecule has 0 aliphatic heterocycles. The number of aromatic nitrogens is 1. The summed E-state index contributed by atoms with van der Waals surface area (Å²) in [6.45, 7) is 6.10. The van der Waals surface area contributed by atoms with E-state index in [9.17, 15) is 5.21 Å². The maximum atomic E-state index is 9.38. The van der Waals surface area contributed by atoms with E-state index in [1.807, 2.05) is 43.5 Å². The number of hydrogen-bond donors (Lipinski definition) is 1. The summed E-state index contributed by atoms with van der Waals surface area (Å²) in [5.41, 5.74) is 4.72. The highest BCUT2D eigenvalue weighted by atomic mass is 79.9. The monoisotopic (exact) mass is 456 g/mol. The van der Waals surface area contributed by atoms with Gasteiger partial charge in [0.25, 0.3) is 0 Å². The van der Waals surface area contributed by atoms with Crippen LogP contribution in [-0.2, 0) is 5.41 Å². The molecule has 2 aromatic carbocycles. The first-order chi connectivity index (χ1) is 13.4. The molecule has 0 saturated heterocycles. The summed E-state index contributed by atoms with van der Waals surface area (Å²) in [7, 11) is 0. The van der Waals surface area contributed by atoms with Gasteiger partial charge in [0.1, 0.15) is 0 Å². The first kappa shape index (κ1) is 20.6. The van der Waals surface area contributed by atoms with Crippen LogP contribution in [0.2, 0.25) is 5.02 Å². The largest absolute Gasteiger partial charge is 0.411 e. The fourth-order valence-corrected chi connectivity index (χ4v) is 4.52. The quantitative estimate of drug-likeness (QED) is 0.268. The Morgan fingerprint density at radius 3 is 2.39 bits per heavy atom. The van der Waals surface area contributed by atoms with Crippen LogP contribution in [-0.4, -0.2) is 16.4 Å². The van der Waals surface area contributed by atoms with Crippen molar-refractivity contribution in [3.05, 3.63) is 98.2 Å². The average molecular weight is 458 g/mol. The molecule has 0 amide bonds. The molecule has 0 aliphatic rings. The second-order valence-electron chi connectivity index (χ2n) is 7.01. The van der Waals surface area contributed by atoms with E-state index in [1.165, 1.54) is 0 Å². The van der Waals surface area contributed by atoms with E-state index in [4.69, 9.17) is 11.6 Å². The Kier molecular flexibility index (Phi) is 6.21. The van der Waals surface area contributed by atoms with Crippen molar-refractivity contribution in [1.82, 2.24) is 4.98 Å². The summed E-state index contributed by atoms with van der Waals surface area (Å²) < 4.78 is 1.01. The predicted molar refractivity (Wildman–Crippen MR) is 119 cm³/mol. The molecule has 0 spiro atoms. The summed E-state index contributed by atoms with van der Waals surface area (Å²) in [6, 6.07) is 18.4. The van der Waals surface area contributed by atoms with E-state index >= 15 is 0 Å². The number of hydrogen-bond acceptors (Lipinski definition) is 3. The van der Waals surface area contributed by atoms with Gasteiger partial charge >= 0.3 is 0 Å². The highest BCUT2D eigenvalue weighted by Crippen LogP contribution is 2.46. The molecule has 1 N–H and O–H groups in total. The number of halogens is 2. The second kappa shape index (κ2) is 8.46. The Hall–Kier alpha value is -2.17. The first-order valence-corrected chi connectivity index (χ1v) is 10.2. The van der Waals surface area contributed by atoms with E-state index in [1.54, 1.807) is 6.21 Å². The fraction of sp³-hybridized carbons (Fsp3) is 0.217. The minimum absolute atomic E-state index is 0.139. The molecule has 3 rings (SSSR count). The van der Waals surface area contributed by atoms with E-state index < -0.39 is 5.41 Å². The molecule has 28 heavy (non-hydrogen) atoms. The smallest absolute Gasteiger partial charge is 0.0531 e. The Morgan fingerprint density at radius 1 is 1.07 bits per heavy atom. The van der Waals surface area contributed by atoms with Crippen molar-refractivity contribution in [1.29, 1.82) is 0 Å². The molecule has 1 aromatic heterocycles. The lowest BCUT2D eigenvalue weighted by atomic mass is 9.61. The van der Waals surface area contributed by atoms with E-state index in [2.05, 4.69) is 64.2 Å². The average Bonchev–Trinajstić information content (AvgIpc) is 2.65. The van der Waals surface area contributed by atoms with E-state index in [-0.39, 0.29) is 5.92 Å². The van der Waals surface area contributed by atoms with Gasteiger partial charge in [-0.1, -0.05) is 52.7 Å². The van der Waals surface area contributed by atoms with Gasteiger partial charge in [0.2, 0.25) is 0 Å². The third kappa shape index (κ3) is 3.71. The van der Waals surface area contributed by atoms with E-state index in [0.29, 0.717) is 5.02 Å². The highest BCUT2D eigenvalue weighted by Gasteiger charge is 2.42. The maximum absolute atomic E-state index is 9.38. The molecule has 3 nitrogen and oxygen atoms in total. The van der Waals surface area contributed by atoms with Gasteiger partial charge < -0.3 is 5.21 Å². The van der Waals surface area contributed by atoms with Crippen LogP contribution in [0, 0.1) is 19.8 Å². The third-order valence-corrected chi connectivity index (χ3v) is 6.00. The van der Waals surface area contributed by atoms with Gasteiger partial charge in [0, 0.05) is 33.5 Å². The molecule has 0 saturated carbocycles. The van der Waals surface area contributed by atoms with Gasteiger partial charge in [-0.2, -0.15) is 0 Å². The zero-order chi connectivity index (χ0) is 20.3. The first-order valence-electron chi connectivity index (χ1n) is 9.03. The molecule has 0 radical (unpaired) electrons. The van der Waals surface area contributed by atoms with Gasteiger partial charge in [-0.15, -0.1) is 5.16 Å². The minimum Gasteiger partial charge on any atom is -0.411 e. The standard InChI is InChI=1S/C23H22BrClN2O/c1-15-12-21(25)8-9-22(15)23(16(2)14-27-28,18-4-6-20(24)7-5-18)19-10-11-26-17(3)13-19/h4-14,16,28H,1-3H3/b27-14+/t16?,23-/m1/s1. The molecule has 144 valence electrons. The summed E-state index contributed by atoms with van der Waals surface area (Å²) in [5.74, 6) is -0.139. The number of benzene rings is 2. The molecule has 1 heterocycles. The number of aryl methyl sites for hydroxylation is 2. The van der Waals surface area contributed by atoms with Crippen LogP contribution >= 0.6 is 27.5 Å². The number of rotatable bonds is 5. The Balaban J connectivity index is 2.46. The maximum Gasteiger partial charge on any atom is 0.0531 e. The van der Waals surface area contributed by atoms with Gasteiger partial charge in [-0.3, -0.25) is 4.98 Å². The molecule has 0 aliphatic carbocycles. The molecule has 3 aromatic rings. The van der Waals surface area contributed by atoms with Crippen LogP contribution in [0.15, 0.2) is 70.4 Å². The normalized spacial score (nSPS) is 14.8. The molecule has 2 atom stereocenters. The van der Waals surface area contributed by atoms with Gasteiger partial charge in [-0.05, 0) is 72.5 Å². The van der Waals surface area contributed by atoms with Crippen LogP contribution in [0.3, 0.4) is 0 Å². The van der Waals surface area contributed by atoms with Crippen molar-refractivity contribution in [2.45, 2.75) is 26.2 Å². The van der Waals surface area contributed by atoms with Crippen molar-refractivity contribution in [3.8, 4) is 0 Å². The van der Waals surface area contributed by atoms with Crippen molar-refractivity contribution in [2.24, 2.45) is 11.1 Å². The number of pyridine rings is 1. The third-order valence-electron chi connectivity index (χ3n) is 5.24. The number of nitrogens with zero attached hydrogens (tertiary/aromatic N) is 2. The predicted octanol–water partition coefficient (Wildman–Crippen LogP) is 6.54. The van der Waals surface area contributed by atoms with Crippen molar-refractivity contribution in [3.63, 3.8) is 0 Å². The SMILES string of the molecule is Cc1cc([C@@](c2ccc(Br)cc2)(c2ccc(Cl)cc2C)C(C)/C=N/O)ccn1.